The maximum absolute atomic E-state index is 12.2. The summed E-state index contributed by atoms with van der Waals surface area (Å²) in [5.74, 6) is 0.115. The summed E-state index contributed by atoms with van der Waals surface area (Å²) in [6.45, 7) is 6.29. The molecule has 4 nitrogen and oxygen atoms in total. The summed E-state index contributed by atoms with van der Waals surface area (Å²) in [7, 11) is -3.45. The minimum absolute atomic E-state index is 0.0494. The number of aliphatic hydroxyl groups excluding tert-OH is 1. The predicted molar refractivity (Wildman–Crippen MR) is 106 cm³/mol. The number of sulfone groups is 1. The average Bonchev–Trinajstić information content (AvgIpc) is 2.54. The van der Waals surface area contributed by atoms with E-state index in [1.165, 1.54) is 5.56 Å². The fourth-order valence-electron chi connectivity index (χ4n) is 2.48. The molecule has 0 saturated carbocycles. The quantitative estimate of drug-likeness (QED) is 0.768. The van der Waals surface area contributed by atoms with Gasteiger partial charge in [0.05, 0.1) is 11.5 Å². The van der Waals surface area contributed by atoms with Crippen LogP contribution in [0, 0.1) is 0 Å². The lowest BCUT2D eigenvalue weighted by atomic mass is 9.87. The summed E-state index contributed by atoms with van der Waals surface area (Å²) in [5, 5.41) is 10.6. The molecule has 0 bridgehead atoms. The van der Waals surface area contributed by atoms with Crippen LogP contribution in [0.25, 0.3) is 0 Å². The van der Waals surface area contributed by atoms with Crippen molar-refractivity contribution in [2.24, 2.45) is 0 Å². The van der Waals surface area contributed by atoms with Crippen molar-refractivity contribution >= 4 is 21.4 Å². The van der Waals surface area contributed by atoms with E-state index in [0.717, 1.165) is 0 Å². The number of rotatable bonds is 7. The van der Waals surface area contributed by atoms with Gasteiger partial charge < -0.3 is 9.84 Å². The van der Waals surface area contributed by atoms with Gasteiger partial charge in [0.2, 0.25) is 0 Å². The third-order valence-electron chi connectivity index (χ3n) is 3.91. The van der Waals surface area contributed by atoms with Crippen molar-refractivity contribution in [1.29, 1.82) is 0 Å². The fraction of sp³-hybridized carbons (Fsp3) is 0.400. The second kappa shape index (κ2) is 8.42. The number of hydrogen-bond acceptors (Lipinski definition) is 4. The first-order valence-electron chi connectivity index (χ1n) is 8.41. The van der Waals surface area contributed by atoms with Gasteiger partial charge in [-0.2, -0.15) is 0 Å². The summed E-state index contributed by atoms with van der Waals surface area (Å²) in [6.07, 6.45) is -1.09. The van der Waals surface area contributed by atoms with Gasteiger partial charge in [-0.05, 0) is 40.8 Å². The van der Waals surface area contributed by atoms with Crippen LogP contribution in [-0.4, -0.2) is 32.0 Å². The summed E-state index contributed by atoms with van der Waals surface area (Å²) in [5.41, 5.74) is 1.87. The summed E-state index contributed by atoms with van der Waals surface area (Å²) in [6, 6.07) is 14.2. The van der Waals surface area contributed by atoms with Gasteiger partial charge >= 0.3 is 0 Å². The third kappa shape index (κ3) is 6.63. The average molecular weight is 397 g/mol. The molecule has 6 heteroatoms. The zero-order chi connectivity index (χ0) is 19.4. The Balaban J connectivity index is 1.87. The monoisotopic (exact) mass is 396 g/mol. The summed E-state index contributed by atoms with van der Waals surface area (Å²) >= 11 is 5.80. The molecule has 1 N–H and O–H groups in total. The number of aliphatic hydroxyl groups is 1. The lowest BCUT2D eigenvalue weighted by Gasteiger charge is -2.19. The molecular weight excluding hydrogens is 372 g/mol. The number of halogens is 1. The fourth-order valence-corrected chi connectivity index (χ4v) is 4.10. The Labute approximate surface area is 160 Å². The van der Waals surface area contributed by atoms with Crippen LogP contribution in [0.2, 0.25) is 5.02 Å². The minimum atomic E-state index is -3.45. The predicted octanol–water partition coefficient (Wildman–Crippen LogP) is 3.99. The van der Waals surface area contributed by atoms with Gasteiger partial charge in [0.25, 0.3) is 0 Å². The van der Waals surface area contributed by atoms with Gasteiger partial charge in [0, 0.05) is 5.02 Å². The van der Waals surface area contributed by atoms with Gasteiger partial charge in [0.1, 0.15) is 18.5 Å². The summed E-state index contributed by atoms with van der Waals surface area (Å²) in [4.78, 5) is 0. The Morgan fingerprint density at radius 3 is 2.15 bits per heavy atom. The highest BCUT2D eigenvalue weighted by Crippen LogP contribution is 2.24. The molecule has 0 fully saturated rings. The highest BCUT2D eigenvalue weighted by Gasteiger charge is 2.19. The van der Waals surface area contributed by atoms with Gasteiger partial charge in [0.15, 0.2) is 9.84 Å². The smallest absolute Gasteiger partial charge is 0.157 e. The molecular formula is C20H25ClO4S. The van der Waals surface area contributed by atoms with E-state index in [4.69, 9.17) is 16.3 Å². The lowest BCUT2D eigenvalue weighted by Crippen LogP contribution is -2.27. The van der Waals surface area contributed by atoms with E-state index >= 15 is 0 Å². The molecule has 0 aliphatic carbocycles. The van der Waals surface area contributed by atoms with Crippen molar-refractivity contribution < 1.29 is 18.3 Å². The molecule has 2 rings (SSSR count). The molecule has 0 radical (unpaired) electrons. The van der Waals surface area contributed by atoms with E-state index in [1.807, 2.05) is 24.3 Å². The first-order chi connectivity index (χ1) is 12.0. The molecule has 2 aromatic rings. The van der Waals surface area contributed by atoms with Gasteiger partial charge in [-0.3, -0.25) is 0 Å². The normalized spacial score (nSPS) is 13.4. The molecule has 0 heterocycles. The summed E-state index contributed by atoms with van der Waals surface area (Å²) < 4.78 is 29.9. The van der Waals surface area contributed by atoms with Crippen molar-refractivity contribution in [2.45, 2.75) is 38.0 Å². The number of hydrogen-bond donors (Lipinski definition) is 1. The topological polar surface area (TPSA) is 63.6 Å². The van der Waals surface area contributed by atoms with E-state index < -0.39 is 15.9 Å². The zero-order valence-electron chi connectivity index (χ0n) is 15.3. The molecule has 0 spiro atoms. The maximum Gasteiger partial charge on any atom is 0.157 e. The van der Waals surface area contributed by atoms with Crippen LogP contribution in [0.15, 0.2) is 48.5 Å². The molecule has 1 atom stereocenters. The van der Waals surface area contributed by atoms with E-state index in [1.54, 1.807) is 24.3 Å². The molecule has 0 saturated heterocycles. The van der Waals surface area contributed by atoms with Crippen molar-refractivity contribution in [2.75, 3.05) is 12.4 Å². The zero-order valence-corrected chi connectivity index (χ0v) is 16.8. The van der Waals surface area contributed by atoms with Crippen LogP contribution in [0.4, 0.5) is 0 Å². The van der Waals surface area contributed by atoms with Crippen LogP contribution in [-0.2, 0) is 21.0 Å². The van der Waals surface area contributed by atoms with E-state index in [-0.39, 0.29) is 23.5 Å². The maximum atomic E-state index is 12.2. The molecule has 0 aliphatic rings. The molecule has 0 amide bonds. The number of ether oxygens (including phenoxy) is 1. The van der Waals surface area contributed by atoms with Crippen LogP contribution in [0.3, 0.4) is 0 Å². The van der Waals surface area contributed by atoms with Crippen LogP contribution in [0.1, 0.15) is 31.9 Å². The van der Waals surface area contributed by atoms with Crippen molar-refractivity contribution in [3.63, 3.8) is 0 Å². The molecule has 142 valence electrons. The van der Waals surface area contributed by atoms with Crippen molar-refractivity contribution in [3.8, 4) is 5.75 Å². The Morgan fingerprint density at radius 2 is 1.62 bits per heavy atom. The van der Waals surface area contributed by atoms with Gasteiger partial charge in [-0.25, -0.2) is 8.42 Å². The Kier molecular flexibility index (Phi) is 6.72. The van der Waals surface area contributed by atoms with Crippen molar-refractivity contribution in [3.05, 3.63) is 64.7 Å². The number of benzene rings is 2. The van der Waals surface area contributed by atoms with Gasteiger partial charge in [-0.1, -0.05) is 56.6 Å². The van der Waals surface area contributed by atoms with Crippen molar-refractivity contribution in [1.82, 2.24) is 0 Å². The molecule has 0 aromatic heterocycles. The second-order valence-corrected chi connectivity index (χ2v) is 9.97. The lowest BCUT2D eigenvalue weighted by molar-refractivity contribution is 0.125. The van der Waals surface area contributed by atoms with Crippen LogP contribution >= 0.6 is 11.6 Å². The first-order valence-corrected chi connectivity index (χ1v) is 10.6. The molecule has 26 heavy (non-hydrogen) atoms. The second-order valence-electron chi connectivity index (χ2n) is 7.42. The minimum Gasteiger partial charge on any atom is -0.491 e. The Hall–Kier alpha value is -1.56. The van der Waals surface area contributed by atoms with Crippen LogP contribution in [0.5, 0.6) is 5.75 Å². The first kappa shape index (κ1) is 20.7. The highest BCUT2D eigenvalue weighted by molar-refractivity contribution is 7.90. The standard InChI is InChI=1S/C20H25ClO4S/c1-20(2,3)16-6-10-19(11-7-16)25-12-18(22)14-26(23,24)13-15-4-8-17(21)9-5-15/h4-11,18,22H,12-14H2,1-3H3/t18-/m1/s1. The molecule has 0 aliphatic heterocycles. The Bertz CT molecular complexity index is 806. The van der Waals surface area contributed by atoms with E-state index in [9.17, 15) is 13.5 Å². The SMILES string of the molecule is CC(C)(C)c1ccc(OC[C@@H](O)CS(=O)(=O)Cc2ccc(Cl)cc2)cc1. The van der Waals surface area contributed by atoms with E-state index in [0.29, 0.717) is 16.3 Å². The molecule has 0 unspecified atom stereocenters. The van der Waals surface area contributed by atoms with Gasteiger partial charge in [-0.15, -0.1) is 0 Å². The largest absolute Gasteiger partial charge is 0.491 e. The highest BCUT2D eigenvalue weighted by atomic mass is 35.5. The Morgan fingerprint density at radius 1 is 1.04 bits per heavy atom. The molecule has 2 aromatic carbocycles. The third-order valence-corrected chi connectivity index (χ3v) is 5.83. The van der Waals surface area contributed by atoms with E-state index in [2.05, 4.69) is 20.8 Å². The van der Waals surface area contributed by atoms with Crippen LogP contribution < -0.4 is 4.74 Å².